The predicted octanol–water partition coefficient (Wildman–Crippen LogP) is 4.00. The zero-order valence-electron chi connectivity index (χ0n) is 13.7. The van der Waals surface area contributed by atoms with Gasteiger partial charge in [0.25, 0.3) is 0 Å². The number of ketones is 1. The second-order valence-corrected chi connectivity index (χ2v) is 13.6. The summed E-state index contributed by atoms with van der Waals surface area (Å²) >= 11 is 7.13. The molecule has 1 aromatic rings. The monoisotopic (exact) mass is 424 g/mol. The third kappa shape index (κ3) is 3.90. The van der Waals surface area contributed by atoms with Gasteiger partial charge in [0.15, 0.2) is 0 Å². The van der Waals surface area contributed by atoms with E-state index in [1.807, 2.05) is 6.07 Å². The van der Waals surface area contributed by atoms with Gasteiger partial charge in [-0.25, -0.2) is 0 Å². The second-order valence-electron chi connectivity index (χ2n) is 7.49. The normalized spacial score (nSPS) is 22.3. The van der Waals surface area contributed by atoms with Crippen LogP contribution in [0.2, 0.25) is 18.1 Å². The van der Waals surface area contributed by atoms with Crippen LogP contribution in [0.3, 0.4) is 0 Å². The number of carbonyl (C=O) groups is 1. The summed E-state index contributed by atoms with van der Waals surface area (Å²) in [6.07, 6.45) is 1.88. The molecule has 0 unspecified atom stereocenters. The number of rotatable bonds is 4. The number of carbonyl (C=O) groups excluding carboxylic acids is 1. The zero-order chi connectivity index (χ0) is 16.7. The molecule has 1 aliphatic rings. The van der Waals surface area contributed by atoms with Crippen LogP contribution in [0, 0.1) is 5.92 Å². The van der Waals surface area contributed by atoms with Crippen LogP contribution in [0.1, 0.15) is 44.0 Å². The number of aromatic nitrogens is 1. The van der Waals surface area contributed by atoms with E-state index in [9.17, 15) is 4.79 Å². The first-order chi connectivity index (χ1) is 10.0. The van der Waals surface area contributed by atoms with E-state index in [2.05, 4.69) is 70.8 Å². The average Bonchev–Trinajstić information content (AvgIpc) is 2.31. The van der Waals surface area contributed by atoms with Gasteiger partial charge in [0.05, 0.1) is 0 Å². The quantitative estimate of drug-likeness (QED) is 0.416. The Bertz CT molecular complexity index is 580. The van der Waals surface area contributed by atoms with E-state index in [1.165, 1.54) is 0 Å². The molecule has 0 bridgehead atoms. The molecule has 0 N–H and O–H groups in total. The van der Waals surface area contributed by atoms with Crippen LogP contribution in [0.4, 0.5) is 0 Å². The van der Waals surface area contributed by atoms with Gasteiger partial charge in [-0.05, 0) is 0 Å². The molecule has 6 heteroatoms. The number of Topliss-reactive ketones (excluding diaryl/α,β-unsaturated/α-hetero) is 1. The van der Waals surface area contributed by atoms with Crippen LogP contribution >= 0.6 is 15.9 Å². The number of nitrogens with zero attached hydrogens (tertiary/aromatic N) is 1. The Morgan fingerprint density at radius 3 is 2.45 bits per heavy atom. The number of pyridine rings is 1. The van der Waals surface area contributed by atoms with Crippen molar-refractivity contribution in [1.29, 1.82) is 0 Å². The Labute approximate surface area is 150 Å². The summed E-state index contributed by atoms with van der Waals surface area (Å²) in [6, 6.07) is 3.59. The molecule has 0 spiro atoms. The van der Waals surface area contributed by atoms with Crippen molar-refractivity contribution >= 4 is 34.6 Å². The molecular formula is C16H23BrFeNO2Si. The van der Waals surface area contributed by atoms with E-state index < -0.39 is 8.32 Å². The Morgan fingerprint density at radius 1 is 1.36 bits per heavy atom. The van der Waals surface area contributed by atoms with Gasteiger partial charge < -0.3 is 0 Å². The van der Waals surface area contributed by atoms with Gasteiger partial charge in [0.2, 0.25) is 0 Å². The zero-order valence-corrected chi connectivity index (χ0v) is 17.4. The van der Waals surface area contributed by atoms with Crippen LogP contribution < -0.4 is 4.59 Å². The molecule has 1 aliphatic carbocycles. The van der Waals surface area contributed by atoms with E-state index in [4.69, 9.17) is 4.43 Å². The van der Waals surface area contributed by atoms with Gasteiger partial charge in [-0.3, -0.25) is 0 Å². The summed E-state index contributed by atoms with van der Waals surface area (Å²) in [5.41, 5.74) is 0.656. The van der Waals surface area contributed by atoms with Gasteiger partial charge >= 0.3 is 151 Å². The third-order valence-corrected chi connectivity index (χ3v) is 10.3. The minimum absolute atomic E-state index is 0.0588. The Balaban J connectivity index is 1.95. The molecule has 1 aromatic heterocycles. The first kappa shape index (κ1) is 18.3. The fraction of sp³-hybridized carbons (Fsp3) is 0.625. The van der Waals surface area contributed by atoms with Gasteiger partial charge in [-0.2, -0.15) is 0 Å². The maximum atomic E-state index is 12.5. The minimum atomic E-state index is -1.74. The molecule has 0 atom stereocenters. The topological polar surface area (TPSA) is 39.2 Å². The molecular weight excluding hydrogens is 402 g/mol. The van der Waals surface area contributed by atoms with E-state index >= 15 is 0 Å². The first-order valence-electron chi connectivity index (χ1n) is 7.54. The number of halogens is 1. The second kappa shape index (κ2) is 6.48. The third-order valence-electron chi connectivity index (χ3n) is 4.81. The molecule has 3 nitrogen and oxygen atoms in total. The summed E-state index contributed by atoms with van der Waals surface area (Å²) in [5, 5.41) is 0.207. The standard InChI is InChI=1S/C16H23BrNO2Si.Fe/c1-16(2,3)21(4,5)20-12-9-11(10-12)14(19)13-7-6-8-18-15(13)17;/h6-7,11-12H,9-10H2,1-5H3;. The molecule has 0 aliphatic heterocycles. The molecule has 22 heavy (non-hydrogen) atoms. The molecule has 1 saturated carbocycles. The summed E-state index contributed by atoms with van der Waals surface area (Å²) in [4.78, 5) is 16.7. The Hall–Kier alpha value is -0.00364. The van der Waals surface area contributed by atoms with Crippen LogP contribution in [-0.4, -0.2) is 25.2 Å². The van der Waals surface area contributed by atoms with Crippen molar-refractivity contribution in [2.45, 2.75) is 57.8 Å². The summed E-state index contributed by atoms with van der Waals surface area (Å²) in [7, 11) is -1.74. The molecule has 0 aromatic carbocycles. The number of hydrogen-bond donors (Lipinski definition) is 0. The molecule has 1 heterocycles. The van der Waals surface area contributed by atoms with Crippen LogP contribution in [0.25, 0.3) is 0 Å². The summed E-state index contributed by atoms with van der Waals surface area (Å²) < 4.78 is 7.61. The molecule has 0 saturated heterocycles. The molecule has 1 fully saturated rings. The maximum absolute atomic E-state index is 12.5. The Kier molecular flexibility index (Phi) is 5.40. The average molecular weight is 425 g/mol. The van der Waals surface area contributed by atoms with E-state index in [0.717, 1.165) is 12.8 Å². The van der Waals surface area contributed by atoms with Gasteiger partial charge in [-0.15, -0.1) is 0 Å². The summed E-state index contributed by atoms with van der Waals surface area (Å²) in [5.74, 6) is 0.220. The van der Waals surface area contributed by atoms with E-state index in [1.54, 1.807) is 6.07 Å². The van der Waals surface area contributed by atoms with Crippen molar-refractivity contribution in [3.63, 3.8) is 0 Å². The fourth-order valence-corrected chi connectivity index (χ4v) is 4.55. The fourth-order valence-electron chi connectivity index (χ4n) is 2.28. The Morgan fingerprint density at radius 2 is 1.95 bits per heavy atom. The molecule has 123 valence electrons. The van der Waals surface area contributed by atoms with Gasteiger partial charge in [-0.1, -0.05) is 0 Å². The van der Waals surface area contributed by atoms with Crippen LogP contribution in [0.15, 0.2) is 16.7 Å². The predicted molar refractivity (Wildman–Crippen MR) is 90.7 cm³/mol. The number of hydrogen-bond acceptors (Lipinski definition) is 3. The van der Waals surface area contributed by atoms with Crippen molar-refractivity contribution < 1.29 is 25.2 Å². The van der Waals surface area contributed by atoms with Gasteiger partial charge in [0.1, 0.15) is 0 Å². The first-order valence-corrected chi connectivity index (χ1v) is 11.8. The van der Waals surface area contributed by atoms with Crippen LogP contribution in [0.5, 0.6) is 0 Å². The molecule has 2 rings (SSSR count). The SMILES string of the molecule is CC(C)(C)[Si](C)(C)OC1CC(C(=O)c2cc[c]([Fe])nc2Br)C1. The van der Waals surface area contributed by atoms with Crippen molar-refractivity contribution in [2.24, 2.45) is 5.92 Å². The van der Waals surface area contributed by atoms with Gasteiger partial charge in [0, 0.05) is 0 Å². The van der Waals surface area contributed by atoms with E-state index in [0.29, 0.717) is 14.8 Å². The van der Waals surface area contributed by atoms with E-state index in [-0.39, 0.29) is 22.8 Å². The van der Waals surface area contributed by atoms with Crippen molar-refractivity contribution in [2.75, 3.05) is 0 Å². The van der Waals surface area contributed by atoms with Crippen molar-refractivity contribution in [3.05, 3.63) is 22.3 Å². The molecule has 0 radical (unpaired) electrons. The summed E-state index contributed by atoms with van der Waals surface area (Å²) in [6.45, 7) is 11.2. The molecule has 0 amide bonds. The van der Waals surface area contributed by atoms with Crippen LogP contribution in [-0.2, 0) is 20.4 Å². The van der Waals surface area contributed by atoms with Crippen molar-refractivity contribution in [3.8, 4) is 0 Å². The van der Waals surface area contributed by atoms with Crippen molar-refractivity contribution in [1.82, 2.24) is 4.98 Å².